The van der Waals surface area contributed by atoms with Crippen LogP contribution in [-0.4, -0.2) is 128 Å². The molecule has 1 aromatic carbocycles. The van der Waals surface area contributed by atoms with Crippen molar-refractivity contribution in [1.29, 1.82) is 0 Å². The summed E-state index contributed by atoms with van der Waals surface area (Å²) >= 11 is 3.81. The normalized spacial score (nSPS) is 18.8. The van der Waals surface area contributed by atoms with Crippen LogP contribution in [0.15, 0.2) is 39.9 Å². The summed E-state index contributed by atoms with van der Waals surface area (Å²) < 4.78 is 5.36. The molecule has 0 saturated carbocycles. The molecule has 0 aliphatic carbocycles. The summed E-state index contributed by atoms with van der Waals surface area (Å²) in [5, 5.41) is 38.2. The molecule has 0 spiro atoms. The number of carboxylic acid groups (broad SMARTS) is 2. The number of carbonyl (C=O) groups excluding carboxylic acids is 8. The molecule has 55 heavy (non-hydrogen) atoms. The molecule has 7 amide bonds. The van der Waals surface area contributed by atoms with Crippen molar-refractivity contribution in [2.24, 2.45) is 5.73 Å². The number of carboxylic acids is 2. The Morgan fingerprint density at radius 1 is 1.05 bits per heavy atom. The Morgan fingerprint density at radius 2 is 1.75 bits per heavy atom. The molecule has 1 aromatic heterocycles. The van der Waals surface area contributed by atoms with Gasteiger partial charge >= 0.3 is 83.1 Å². The Morgan fingerprint density at radius 3 is 2.35 bits per heavy atom. The number of aliphatic carboxylic acids is 2. The number of hydrogen-bond donors (Lipinski definition) is 4. The molecule has 2 fully saturated rings. The van der Waals surface area contributed by atoms with Crippen molar-refractivity contribution in [3.63, 3.8) is 0 Å². The molecule has 3 aliphatic rings. The largest absolute Gasteiger partial charge is 1.00 e. The van der Waals surface area contributed by atoms with Crippen LogP contribution in [-0.2, 0) is 33.5 Å². The fourth-order valence-electron chi connectivity index (χ4n) is 5.32. The first-order chi connectivity index (χ1) is 25.2. The van der Waals surface area contributed by atoms with Gasteiger partial charge in [0.05, 0.1) is 23.7 Å². The number of benzene rings is 1. The Bertz CT molecular complexity index is 1880. The molecule has 20 nitrogen and oxygen atoms in total. The maximum absolute atomic E-state index is 13.8. The van der Waals surface area contributed by atoms with Gasteiger partial charge in [0, 0.05) is 36.8 Å². The maximum Gasteiger partial charge on any atom is 1.00 e. The standard InChI is InChI=1S/C30H33N9O11S3.2Na/c1-3-37-8-9-38(24(43)23(37)42)28(48)34-18(14-4-6-16(7-5-14)32-29(49)50-10-17(31)26(44)45)21(40)33-19-22(41)39-20(27(46)47)15(11-51-25(19)39)12-52-30-36-35-13(2)53-30;;/h4-7,17-19,25H,3,8-12,31H2,1-2H3,(H,32,49)(H,33,40)(H,34,48)(H,44,45)(H,46,47);;/q;2*+1/p-2/t17-,18-,19-,25+;;/m1../s1. The number of aromatic nitrogens is 2. The minimum absolute atomic E-state index is 0. The number of thioether (sulfide) groups is 2. The van der Waals surface area contributed by atoms with Crippen LogP contribution in [0.4, 0.5) is 15.3 Å². The Labute approximate surface area is 369 Å². The first-order valence-corrected chi connectivity index (χ1v) is 18.6. The van der Waals surface area contributed by atoms with E-state index in [-0.39, 0.29) is 107 Å². The van der Waals surface area contributed by atoms with E-state index in [2.05, 4.69) is 26.1 Å². The number of amides is 7. The van der Waals surface area contributed by atoms with Gasteiger partial charge in [-0.2, -0.15) is 0 Å². The van der Waals surface area contributed by atoms with E-state index in [1.165, 1.54) is 64.0 Å². The first kappa shape index (κ1) is 46.1. The van der Waals surface area contributed by atoms with Crippen molar-refractivity contribution < 1.29 is 112 Å². The molecule has 2 saturated heterocycles. The first-order valence-electron chi connectivity index (χ1n) is 15.7. The van der Waals surface area contributed by atoms with Crippen LogP contribution in [0.5, 0.6) is 0 Å². The number of imide groups is 1. The predicted octanol–water partition coefficient (Wildman–Crippen LogP) is -8.88. The monoisotopic (exact) mass is 835 g/mol. The summed E-state index contributed by atoms with van der Waals surface area (Å²) in [6.45, 7) is 2.93. The quantitative estimate of drug-likeness (QED) is 0.0631. The average Bonchev–Trinajstić information content (AvgIpc) is 3.56. The van der Waals surface area contributed by atoms with Crippen molar-refractivity contribution in [2.45, 2.75) is 41.7 Å². The second-order valence-corrected chi connectivity index (χ2v) is 15.0. The van der Waals surface area contributed by atoms with E-state index in [4.69, 9.17) is 10.5 Å². The Balaban J connectivity index is 0.00000406. The molecule has 2 aromatic rings. The van der Waals surface area contributed by atoms with Crippen LogP contribution < -0.4 is 91.0 Å². The third kappa shape index (κ3) is 10.8. The van der Waals surface area contributed by atoms with E-state index in [1.807, 2.05) is 0 Å². The summed E-state index contributed by atoms with van der Waals surface area (Å²) in [6.07, 6.45) is -1.05. The predicted molar refractivity (Wildman–Crippen MR) is 182 cm³/mol. The molecule has 4 heterocycles. The number of ether oxygens (including phenoxy) is 1. The fraction of sp³-hybridized carbons (Fsp3) is 0.400. The zero-order valence-electron chi connectivity index (χ0n) is 29.9. The SMILES string of the molecule is CCN1CCN(C(=O)N[C@@H](C(=O)N[C@@H]2C(=O)N3C(C(=O)[O-])=C(CSc4nnc(C)s4)CS[C@@H]23)c2ccc(NC(=O)OC[C@@H](N)C(=O)[O-])cc2)C(=O)C1=O.[Na+].[Na+]. The third-order valence-electron chi connectivity index (χ3n) is 8.07. The van der Waals surface area contributed by atoms with Gasteiger partial charge in [-0.15, -0.1) is 22.0 Å². The number of carbonyl (C=O) groups is 8. The Kier molecular flexibility index (Phi) is 17.0. The van der Waals surface area contributed by atoms with Crippen molar-refractivity contribution in [3.05, 3.63) is 46.1 Å². The van der Waals surface area contributed by atoms with E-state index in [0.717, 1.165) is 9.91 Å². The Hall–Kier alpha value is -3.26. The number of β-lactam (4-membered cyclic amide) rings is 1. The van der Waals surface area contributed by atoms with E-state index in [1.54, 1.807) is 13.8 Å². The van der Waals surface area contributed by atoms with Gasteiger partial charge in [0.2, 0.25) is 5.91 Å². The second-order valence-electron chi connectivity index (χ2n) is 11.5. The molecule has 5 N–H and O–H groups in total. The molecule has 282 valence electrons. The molecule has 25 heteroatoms. The van der Waals surface area contributed by atoms with Crippen LogP contribution in [0, 0.1) is 6.92 Å². The summed E-state index contributed by atoms with van der Waals surface area (Å²) in [4.78, 5) is 104. The molecule has 3 aliphatic heterocycles. The van der Waals surface area contributed by atoms with Crippen molar-refractivity contribution in [1.82, 2.24) is 35.5 Å². The molecule has 0 unspecified atom stereocenters. The van der Waals surface area contributed by atoms with Crippen LogP contribution in [0.2, 0.25) is 0 Å². The number of nitrogens with two attached hydrogens (primary N) is 1. The topological polar surface area (TPSA) is 290 Å². The van der Waals surface area contributed by atoms with E-state index in [9.17, 15) is 48.6 Å². The summed E-state index contributed by atoms with van der Waals surface area (Å²) in [5.41, 5.74) is 5.63. The molecule has 5 rings (SSSR count). The van der Waals surface area contributed by atoms with Crippen molar-refractivity contribution in [2.75, 3.05) is 43.1 Å². The van der Waals surface area contributed by atoms with E-state index in [0.29, 0.717) is 14.8 Å². The molecule has 4 atom stereocenters. The fourth-order valence-corrected chi connectivity index (χ4v) is 8.62. The second kappa shape index (κ2) is 20.2. The number of aryl methyl sites for hydroxylation is 1. The zero-order chi connectivity index (χ0) is 38.6. The minimum atomic E-state index is -1.62. The zero-order valence-corrected chi connectivity index (χ0v) is 36.3. The number of hydrogen-bond acceptors (Lipinski definition) is 17. The van der Waals surface area contributed by atoms with Gasteiger partial charge in [0.1, 0.15) is 29.1 Å². The van der Waals surface area contributed by atoms with Crippen LogP contribution >= 0.6 is 34.9 Å². The van der Waals surface area contributed by atoms with Gasteiger partial charge in [-0.3, -0.25) is 34.3 Å². The average molecular weight is 836 g/mol. The van der Waals surface area contributed by atoms with E-state index >= 15 is 0 Å². The van der Waals surface area contributed by atoms with Crippen LogP contribution in [0.3, 0.4) is 0 Å². The number of nitrogens with one attached hydrogen (secondary N) is 3. The number of rotatable bonds is 13. The minimum Gasteiger partial charge on any atom is -0.548 e. The number of nitrogens with zero attached hydrogens (tertiary/aromatic N) is 5. The number of anilines is 1. The van der Waals surface area contributed by atoms with Crippen molar-refractivity contribution >= 4 is 88.2 Å². The molecular formula is C30H31N9Na2O11S3. The van der Waals surface area contributed by atoms with Gasteiger partial charge < -0.3 is 45.8 Å². The van der Waals surface area contributed by atoms with Crippen molar-refractivity contribution in [3.8, 4) is 0 Å². The number of urea groups is 1. The number of likely N-dealkylation sites (N-methyl/N-ethyl adjacent to an activating group) is 1. The van der Waals surface area contributed by atoms with Gasteiger partial charge in [0.25, 0.3) is 5.91 Å². The van der Waals surface area contributed by atoms with Gasteiger partial charge in [-0.1, -0.05) is 35.2 Å². The third-order valence-corrected chi connectivity index (χ3v) is 11.5. The summed E-state index contributed by atoms with van der Waals surface area (Å²) in [5.74, 6) is -6.44. The molecule has 0 radical (unpaired) electrons. The van der Waals surface area contributed by atoms with E-state index < -0.39 is 77.8 Å². The molecular weight excluding hydrogens is 805 g/mol. The number of fused-ring (bicyclic) bond motifs is 1. The van der Waals surface area contributed by atoms with Gasteiger partial charge in [-0.05, 0) is 37.1 Å². The van der Waals surface area contributed by atoms with Gasteiger partial charge in [-0.25, -0.2) is 9.59 Å². The van der Waals surface area contributed by atoms with Gasteiger partial charge in [0.15, 0.2) is 4.34 Å². The number of piperazine rings is 1. The van der Waals surface area contributed by atoms with Crippen LogP contribution in [0.1, 0.15) is 23.5 Å². The summed E-state index contributed by atoms with van der Waals surface area (Å²) in [7, 11) is 0. The van der Waals surface area contributed by atoms with Crippen LogP contribution in [0.25, 0.3) is 0 Å². The molecule has 0 bridgehead atoms. The summed E-state index contributed by atoms with van der Waals surface area (Å²) in [6, 6.07) is -0.0875. The smallest absolute Gasteiger partial charge is 0.548 e. The maximum atomic E-state index is 13.8.